The Labute approximate surface area is 83.0 Å². The summed E-state index contributed by atoms with van der Waals surface area (Å²) >= 11 is 0. The zero-order valence-corrected chi connectivity index (χ0v) is 7.81. The smallest absolute Gasteiger partial charge is 0.317 e. The first-order chi connectivity index (χ1) is 6.86. The molecule has 0 spiro atoms. The van der Waals surface area contributed by atoms with E-state index in [0.717, 1.165) is 5.69 Å². The minimum Gasteiger partial charge on any atom is -0.317 e. The van der Waals surface area contributed by atoms with Crippen LogP contribution in [0.1, 0.15) is 0 Å². The van der Waals surface area contributed by atoms with Crippen molar-refractivity contribution in [2.75, 3.05) is 18.4 Å². The zero-order valence-electron chi connectivity index (χ0n) is 7.81. The van der Waals surface area contributed by atoms with Gasteiger partial charge in [-0.05, 0) is 12.1 Å². The van der Waals surface area contributed by atoms with E-state index in [4.69, 9.17) is 0 Å². The van der Waals surface area contributed by atoms with E-state index in [9.17, 15) is 4.79 Å². The number of hydrogen-bond donors (Lipinski definition) is 1. The van der Waals surface area contributed by atoms with E-state index in [0.29, 0.717) is 13.1 Å². The Hall–Kier alpha value is -1.77. The molecule has 0 bridgehead atoms. The van der Waals surface area contributed by atoms with Gasteiger partial charge in [0.1, 0.15) is 0 Å². The van der Waals surface area contributed by atoms with E-state index < -0.39 is 0 Å². The summed E-state index contributed by atoms with van der Waals surface area (Å²) in [6, 6.07) is 9.44. The van der Waals surface area contributed by atoms with E-state index >= 15 is 0 Å². The highest BCUT2D eigenvalue weighted by atomic mass is 16.2. The number of hydrogen-bond acceptors (Lipinski definition) is 1. The molecule has 72 valence electrons. The molecule has 0 aromatic heterocycles. The Morgan fingerprint density at radius 1 is 1.14 bits per heavy atom. The van der Waals surface area contributed by atoms with Crippen molar-refractivity contribution in [1.29, 1.82) is 0 Å². The van der Waals surface area contributed by atoms with Gasteiger partial charge in [-0.25, -0.2) is 4.79 Å². The lowest BCUT2D eigenvalue weighted by atomic mass is 10.3. The molecule has 3 nitrogen and oxygen atoms in total. The van der Waals surface area contributed by atoms with Crippen LogP contribution in [-0.4, -0.2) is 24.0 Å². The number of nitrogens with one attached hydrogen (secondary N) is 1. The molecule has 1 aliphatic rings. The fraction of sp³-hybridized carbons (Fsp3) is 0.182. The maximum Gasteiger partial charge on any atom is 0.322 e. The number of urea groups is 1. The molecule has 2 rings (SSSR count). The van der Waals surface area contributed by atoms with Crippen molar-refractivity contribution < 1.29 is 4.79 Å². The molecule has 0 aliphatic carbocycles. The standard InChI is InChI=1S/C11H12N2O/c14-11(13-8-4-5-9-13)12-10-6-2-1-3-7-10/h1-7H,8-9H2,(H,12,14). The molecule has 14 heavy (non-hydrogen) atoms. The number of benzene rings is 1. The summed E-state index contributed by atoms with van der Waals surface area (Å²) < 4.78 is 0. The average Bonchev–Trinajstić information content (AvgIpc) is 2.72. The second kappa shape index (κ2) is 3.96. The number of rotatable bonds is 1. The monoisotopic (exact) mass is 188 g/mol. The van der Waals surface area contributed by atoms with Gasteiger partial charge in [-0.15, -0.1) is 0 Å². The number of carbonyl (C=O) groups excluding carboxylic acids is 1. The van der Waals surface area contributed by atoms with Gasteiger partial charge in [0, 0.05) is 18.8 Å². The number of nitrogens with zero attached hydrogens (tertiary/aromatic N) is 1. The highest BCUT2D eigenvalue weighted by Crippen LogP contribution is 2.08. The molecule has 3 heteroatoms. The molecule has 0 atom stereocenters. The first-order valence-electron chi connectivity index (χ1n) is 4.62. The Morgan fingerprint density at radius 2 is 1.79 bits per heavy atom. The third kappa shape index (κ3) is 1.93. The van der Waals surface area contributed by atoms with Gasteiger partial charge < -0.3 is 10.2 Å². The van der Waals surface area contributed by atoms with Crippen LogP contribution in [0.2, 0.25) is 0 Å². The first-order valence-corrected chi connectivity index (χ1v) is 4.62. The third-order valence-electron chi connectivity index (χ3n) is 2.13. The van der Waals surface area contributed by atoms with Crippen molar-refractivity contribution >= 4 is 11.7 Å². The molecule has 0 fully saturated rings. The highest BCUT2D eigenvalue weighted by Gasteiger charge is 2.13. The van der Waals surface area contributed by atoms with Crippen molar-refractivity contribution in [3.63, 3.8) is 0 Å². The molecule has 0 radical (unpaired) electrons. The van der Waals surface area contributed by atoms with Crippen LogP contribution in [0.5, 0.6) is 0 Å². The normalized spacial score (nSPS) is 14.4. The molecule has 1 aliphatic heterocycles. The van der Waals surface area contributed by atoms with Gasteiger partial charge in [-0.3, -0.25) is 0 Å². The number of amides is 2. The van der Waals surface area contributed by atoms with Crippen LogP contribution in [0.4, 0.5) is 10.5 Å². The van der Waals surface area contributed by atoms with E-state index in [1.807, 2.05) is 42.5 Å². The fourth-order valence-corrected chi connectivity index (χ4v) is 1.37. The van der Waals surface area contributed by atoms with Gasteiger partial charge in [0.15, 0.2) is 0 Å². The van der Waals surface area contributed by atoms with Gasteiger partial charge in [-0.2, -0.15) is 0 Å². The molecule has 0 unspecified atom stereocenters. The van der Waals surface area contributed by atoms with Crippen LogP contribution in [0.3, 0.4) is 0 Å². The summed E-state index contributed by atoms with van der Waals surface area (Å²) in [5, 5.41) is 2.83. The van der Waals surface area contributed by atoms with Gasteiger partial charge in [0.05, 0.1) is 0 Å². The molecular weight excluding hydrogens is 176 g/mol. The summed E-state index contributed by atoms with van der Waals surface area (Å²) in [4.78, 5) is 13.3. The Kier molecular flexibility index (Phi) is 2.49. The number of para-hydroxylation sites is 1. The summed E-state index contributed by atoms with van der Waals surface area (Å²) in [7, 11) is 0. The molecule has 1 heterocycles. The lowest BCUT2D eigenvalue weighted by Gasteiger charge is -2.15. The maximum atomic E-state index is 11.6. The molecule has 1 N–H and O–H groups in total. The van der Waals surface area contributed by atoms with Gasteiger partial charge in [0.2, 0.25) is 0 Å². The minimum atomic E-state index is -0.0406. The average molecular weight is 188 g/mol. The summed E-state index contributed by atoms with van der Waals surface area (Å²) in [5.41, 5.74) is 0.837. The number of anilines is 1. The predicted molar refractivity (Wildman–Crippen MR) is 56.2 cm³/mol. The minimum absolute atomic E-state index is 0.0406. The van der Waals surface area contributed by atoms with E-state index in [-0.39, 0.29) is 6.03 Å². The SMILES string of the molecule is O=C(Nc1ccccc1)N1CC=CC1. The van der Waals surface area contributed by atoms with Crippen molar-refractivity contribution in [2.24, 2.45) is 0 Å². The summed E-state index contributed by atoms with van der Waals surface area (Å²) in [6.45, 7) is 1.41. The maximum absolute atomic E-state index is 11.6. The van der Waals surface area contributed by atoms with Crippen molar-refractivity contribution in [3.8, 4) is 0 Å². The highest BCUT2D eigenvalue weighted by molar-refractivity contribution is 5.89. The Balaban J connectivity index is 1.95. The van der Waals surface area contributed by atoms with Crippen LogP contribution in [-0.2, 0) is 0 Å². The molecular formula is C11H12N2O. The summed E-state index contributed by atoms with van der Waals surface area (Å²) in [6.07, 6.45) is 3.98. The molecule has 2 amide bonds. The Bertz CT molecular complexity index is 338. The predicted octanol–water partition coefficient (Wildman–Crippen LogP) is 2.09. The second-order valence-corrected chi connectivity index (χ2v) is 3.17. The van der Waals surface area contributed by atoms with Gasteiger partial charge >= 0.3 is 6.03 Å². The van der Waals surface area contributed by atoms with Crippen LogP contribution in [0, 0.1) is 0 Å². The second-order valence-electron chi connectivity index (χ2n) is 3.17. The van der Waals surface area contributed by atoms with Crippen LogP contribution >= 0.6 is 0 Å². The van der Waals surface area contributed by atoms with Crippen molar-refractivity contribution in [1.82, 2.24) is 4.90 Å². The largest absolute Gasteiger partial charge is 0.322 e. The zero-order chi connectivity index (χ0) is 9.80. The van der Waals surface area contributed by atoms with Crippen LogP contribution in [0.25, 0.3) is 0 Å². The van der Waals surface area contributed by atoms with Gasteiger partial charge in [0.25, 0.3) is 0 Å². The summed E-state index contributed by atoms with van der Waals surface area (Å²) in [5.74, 6) is 0. The molecule has 1 aromatic carbocycles. The number of carbonyl (C=O) groups is 1. The van der Waals surface area contributed by atoms with E-state index in [2.05, 4.69) is 5.32 Å². The van der Waals surface area contributed by atoms with Crippen LogP contribution in [0.15, 0.2) is 42.5 Å². The first kappa shape index (κ1) is 8.81. The quantitative estimate of drug-likeness (QED) is 0.672. The fourth-order valence-electron chi connectivity index (χ4n) is 1.37. The topological polar surface area (TPSA) is 32.3 Å². The van der Waals surface area contributed by atoms with Crippen molar-refractivity contribution in [2.45, 2.75) is 0 Å². The molecule has 1 aromatic rings. The van der Waals surface area contributed by atoms with Crippen LogP contribution < -0.4 is 5.32 Å². The van der Waals surface area contributed by atoms with E-state index in [1.165, 1.54) is 0 Å². The van der Waals surface area contributed by atoms with Crippen molar-refractivity contribution in [3.05, 3.63) is 42.5 Å². The Morgan fingerprint density at radius 3 is 2.43 bits per heavy atom. The lowest BCUT2D eigenvalue weighted by Crippen LogP contribution is -2.32. The third-order valence-corrected chi connectivity index (χ3v) is 2.13. The molecule has 0 saturated carbocycles. The molecule has 0 saturated heterocycles. The van der Waals surface area contributed by atoms with E-state index in [1.54, 1.807) is 4.90 Å². The van der Waals surface area contributed by atoms with Gasteiger partial charge in [-0.1, -0.05) is 30.4 Å². The lowest BCUT2D eigenvalue weighted by molar-refractivity contribution is 0.224.